The summed E-state index contributed by atoms with van der Waals surface area (Å²) in [6.45, 7) is 0.331. The van der Waals surface area contributed by atoms with Gasteiger partial charge in [-0.3, -0.25) is 9.78 Å². The van der Waals surface area contributed by atoms with Crippen LogP contribution in [0, 0.1) is 11.3 Å². The minimum atomic E-state index is -0.0529. The zero-order valence-electron chi connectivity index (χ0n) is 13.5. The fraction of sp³-hybridized carbons (Fsp3) is 0.167. The average Bonchev–Trinajstić information content (AvgIpc) is 3.15. The number of nitriles is 1. The summed E-state index contributed by atoms with van der Waals surface area (Å²) in [4.78, 5) is 15.9. The smallest absolute Gasteiger partial charge is 0.220 e. The lowest BCUT2D eigenvalue weighted by Gasteiger charge is -2.03. The number of hydrogen-bond acceptors (Lipinski definition) is 5. The van der Waals surface area contributed by atoms with Crippen molar-refractivity contribution in [2.75, 3.05) is 0 Å². The number of carbonyl (C=O) groups excluding carboxylic acids is 1. The molecule has 7 heteroatoms. The van der Waals surface area contributed by atoms with Crippen molar-refractivity contribution < 1.29 is 4.79 Å². The molecule has 124 valence electrons. The molecule has 0 bridgehead atoms. The molecule has 7 nitrogen and oxygen atoms in total. The standard InChI is InChI=1S/C18H16N6O/c19-11-15-3-1-14(2-4-15)5-6-18(25)21-12-16-13-24(23-22-16)17-7-9-20-10-8-17/h1-4,7-10,13H,5-6,12H2,(H,21,25). The monoisotopic (exact) mass is 332 g/mol. The van der Waals surface area contributed by atoms with E-state index in [2.05, 4.69) is 26.7 Å². The Bertz CT molecular complexity index is 880. The fourth-order valence-corrected chi connectivity index (χ4v) is 2.28. The summed E-state index contributed by atoms with van der Waals surface area (Å²) in [6.07, 6.45) is 6.14. The predicted octanol–water partition coefficient (Wildman–Crippen LogP) is 1.78. The first-order valence-corrected chi connectivity index (χ1v) is 7.82. The lowest BCUT2D eigenvalue weighted by Crippen LogP contribution is -2.23. The van der Waals surface area contributed by atoms with Crippen molar-refractivity contribution in [3.05, 3.63) is 71.8 Å². The Labute approximate surface area is 144 Å². The van der Waals surface area contributed by atoms with Crippen LogP contribution in [-0.2, 0) is 17.8 Å². The van der Waals surface area contributed by atoms with E-state index in [0.29, 0.717) is 30.6 Å². The molecule has 0 radical (unpaired) electrons. The molecule has 25 heavy (non-hydrogen) atoms. The van der Waals surface area contributed by atoms with Crippen molar-refractivity contribution in [3.8, 4) is 11.8 Å². The molecular formula is C18H16N6O. The fourth-order valence-electron chi connectivity index (χ4n) is 2.28. The molecule has 0 saturated heterocycles. The molecule has 0 fully saturated rings. The normalized spacial score (nSPS) is 10.2. The van der Waals surface area contributed by atoms with Gasteiger partial charge in [-0.1, -0.05) is 17.3 Å². The highest BCUT2D eigenvalue weighted by molar-refractivity contribution is 5.76. The van der Waals surface area contributed by atoms with E-state index in [4.69, 9.17) is 5.26 Å². The third kappa shape index (κ3) is 4.48. The van der Waals surface area contributed by atoms with Crippen molar-refractivity contribution in [1.29, 1.82) is 5.26 Å². The zero-order valence-corrected chi connectivity index (χ0v) is 13.5. The molecular weight excluding hydrogens is 316 g/mol. The summed E-state index contributed by atoms with van der Waals surface area (Å²) in [7, 11) is 0. The second-order valence-corrected chi connectivity index (χ2v) is 5.45. The molecule has 3 aromatic rings. The topological polar surface area (TPSA) is 96.5 Å². The first kappa shape index (κ1) is 16.3. The maximum atomic E-state index is 12.0. The number of amides is 1. The van der Waals surface area contributed by atoms with Crippen molar-refractivity contribution in [2.24, 2.45) is 0 Å². The van der Waals surface area contributed by atoms with Crippen LogP contribution in [0.25, 0.3) is 5.69 Å². The van der Waals surface area contributed by atoms with Crippen LogP contribution >= 0.6 is 0 Å². The third-order valence-electron chi connectivity index (χ3n) is 3.66. The first-order valence-electron chi connectivity index (χ1n) is 7.82. The molecule has 2 aromatic heterocycles. The quantitative estimate of drug-likeness (QED) is 0.742. The Hall–Kier alpha value is -3.53. The Morgan fingerprint density at radius 2 is 1.92 bits per heavy atom. The van der Waals surface area contributed by atoms with Gasteiger partial charge in [0.2, 0.25) is 5.91 Å². The lowest BCUT2D eigenvalue weighted by atomic mass is 10.1. The molecule has 1 aromatic carbocycles. The van der Waals surface area contributed by atoms with Gasteiger partial charge in [-0.25, -0.2) is 4.68 Å². The molecule has 0 aliphatic carbocycles. The number of aromatic nitrogens is 4. The van der Waals surface area contributed by atoms with Gasteiger partial charge in [-0.2, -0.15) is 5.26 Å². The molecule has 0 aliphatic heterocycles. The molecule has 2 heterocycles. The van der Waals surface area contributed by atoms with Crippen LogP contribution in [0.15, 0.2) is 55.0 Å². The van der Waals surface area contributed by atoms with Gasteiger partial charge in [0.25, 0.3) is 0 Å². The van der Waals surface area contributed by atoms with E-state index in [1.54, 1.807) is 35.4 Å². The van der Waals surface area contributed by atoms with E-state index in [0.717, 1.165) is 11.3 Å². The number of aryl methyl sites for hydroxylation is 1. The van der Waals surface area contributed by atoms with Crippen LogP contribution in [-0.4, -0.2) is 25.9 Å². The minimum absolute atomic E-state index is 0.0529. The second-order valence-electron chi connectivity index (χ2n) is 5.45. The summed E-state index contributed by atoms with van der Waals surface area (Å²) in [6, 6.07) is 13.0. The number of benzene rings is 1. The Morgan fingerprint density at radius 3 is 2.64 bits per heavy atom. The summed E-state index contributed by atoms with van der Waals surface area (Å²) in [5, 5.41) is 19.7. The van der Waals surface area contributed by atoms with Gasteiger partial charge in [0, 0.05) is 18.8 Å². The maximum absolute atomic E-state index is 12.0. The van der Waals surface area contributed by atoms with E-state index in [9.17, 15) is 4.79 Å². The first-order chi connectivity index (χ1) is 12.2. The maximum Gasteiger partial charge on any atom is 0.220 e. The largest absolute Gasteiger partial charge is 0.350 e. The highest BCUT2D eigenvalue weighted by atomic mass is 16.1. The molecule has 0 spiro atoms. The van der Waals surface area contributed by atoms with Crippen molar-refractivity contribution >= 4 is 5.91 Å². The summed E-state index contributed by atoms with van der Waals surface area (Å²) >= 11 is 0. The van der Waals surface area contributed by atoms with Crippen molar-refractivity contribution in [3.63, 3.8) is 0 Å². The highest BCUT2D eigenvalue weighted by Gasteiger charge is 2.06. The lowest BCUT2D eigenvalue weighted by molar-refractivity contribution is -0.121. The summed E-state index contributed by atoms with van der Waals surface area (Å²) < 4.78 is 1.64. The number of rotatable bonds is 6. The van der Waals surface area contributed by atoms with Gasteiger partial charge in [-0.05, 0) is 36.2 Å². The van der Waals surface area contributed by atoms with Crippen LogP contribution in [0.3, 0.4) is 0 Å². The van der Waals surface area contributed by atoms with Crippen LogP contribution in [0.5, 0.6) is 0 Å². The molecule has 1 N–H and O–H groups in total. The molecule has 0 saturated carbocycles. The molecule has 0 unspecified atom stereocenters. The highest BCUT2D eigenvalue weighted by Crippen LogP contribution is 2.07. The van der Waals surface area contributed by atoms with Crippen LogP contribution < -0.4 is 5.32 Å². The zero-order chi connectivity index (χ0) is 17.5. The van der Waals surface area contributed by atoms with Gasteiger partial charge in [0.05, 0.1) is 30.1 Å². The number of hydrogen-bond donors (Lipinski definition) is 1. The minimum Gasteiger partial charge on any atom is -0.350 e. The van der Waals surface area contributed by atoms with Crippen LogP contribution in [0.1, 0.15) is 23.2 Å². The average molecular weight is 332 g/mol. The van der Waals surface area contributed by atoms with Crippen molar-refractivity contribution in [1.82, 2.24) is 25.3 Å². The van der Waals surface area contributed by atoms with Crippen LogP contribution in [0.4, 0.5) is 0 Å². The SMILES string of the molecule is N#Cc1ccc(CCC(=O)NCc2cn(-c3ccncc3)nn2)cc1. The van der Waals surface area contributed by atoms with Gasteiger partial charge >= 0.3 is 0 Å². The van der Waals surface area contributed by atoms with E-state index in [1.165, 1.54) is 0 Å². The predicted molar refractivity (Wildman–Crippen MR) is 90.5 cm³/mol. The van der Waals surface area contributed by atoms with E-state index in [-0.39, 0.29) is 5.91 Å². The van der Waals surface area contributed by atoms with E-state index >= 15 is 0 Å². The van der Waals surface area contributed by atoms with E-state index in [1.807, 2.05) is 24.3 Å². The molecule has 3 rings (SSSR count). The molecule has 0 aliphatic rings. The Balaban J connectivity index is 1.47. The summed E-state index contributed by atoms with van der Waals surface area (Å²) in [5.41, 5.74) is 3.19. The molecule has 0 atom stereocenters. The number of nitrogens with zero attached hydrogens (tertiary/aromatic N) is 5. The number of carbonyl (C=O) groups is 1. The number of pyridine rings is 1. The molecule has 1 amide bonds. The summed E-state index contributed by atoms with van der Waals surface area (Å²) in [5.74, 6) is -0.0529. The van der Waals surface area contributed by atoms with E-state index < -0.39 is 0 Å². The van der Waals surface area contributed by atoms with Gasteiger partial charge in [-0.15, -0.1) is 5.10 Å². The van der Waals surface area contributed by atoms with Crippen molar-refractivity contribution in [2.45, 2.75) is 19.4 Å². The van der Waals surface area contributed by atoms with Gasteiger partial charge < -0.3 is 5.32 Å². The Morgan fingerprint density at radius 1 is 1.16 bits per heavy atom. The third-order valence-corrected chi connectivity index (χ3v) is 3.66. The second kappa shape index (κ2) is 7.84. The number of nitrogens with one attached hydrogen (secondary N) is 1. The van der Waals surface area contributed by atoms with Gasteiger partial charge in [0.15, 0.2) is 0 Å². The Kier molecular flexibility index (Phi) is 5.12. The van der Waals surface area contributed by atoms with Gasteiger partial charge in [0.1, 0.15) is 5.69 Å². The van der Waals surface area contributed by atoms with Crippen LogP contribution in [0.2, 0.25) is 0 Å².